The van der Waals surface area contributed by atoms with Crippen molar-refractivity contribution >= 4 is 17.1 Å². The third kappa shape index (κ3) is 4.38. The molecule has 39 heavy (non-hydrogen) atoms. The SMILES string of the molecule is Cn1cc(-c2ccc(-n3ncc4c(OC5C6COCC5CN(C(=O)OC5(C)CC5)C6)ncnc43)c(F)c2)cn1. The van der Waals surface area contributed by atoms with Crippen molar-refractivity contribution < 1.29 is 23.4 Å². The molecule has 1 saturated carbocycles. The van der Waals surface area contributed by atoms with Crippen molar-refractivity contribution in [2.24, 2.45) is 18.9 Å². The van der Waals surface area contributed by atoms with Gasteiger partial charge in [0, 0.05) is 43.7 Å². The first kappa shape index (κ1) is 24.0. The van der Waals surface area contributed by atoms with Crippen LogP contribution in [0.25, 0.3) is 27.8 Å². The molecule has 2 saturated heterocycles. The van der Waals surface area contributed by atoms with Crippen LogP contribution in [-0.2, 0) is 16.5 Å². The van der Waals surface area contributed by atoms with Gasteiger partial charge in [0.1, 0.15) is 34.9 Å². The first-order chi connectivity index (χ1) is 18.9. The summed E-state index contributed by atoms with van der Waals surface area (Å²) in [5.41, 5.74) is 1.93. The number of aryl methyl sites for hydroxylation is 1. The molecule has 2 aliphatic heterocycles. The zero-order valence-electron chi connectivity index (χ0n) is 21.7. The van der Waals surface area contributed by atoms with Gasteiger partial charge in [0.2, 0.25) is 5.88 Å². The van der Waals surface area contributed by atoms with Crippen molar-refractivity contribution in [3.05, 3.63) is 48.9 Å². The number of likely N-dealkylation sites (tertiary alicyclic amines) is 1. The summed E-state index contributed by atoms with van der Waals surface area (Å²) < 4.78 is 36.3. The molecule has 0 N–H and O–H groups in total. The van der Waals surface area contributed by atoms with Crippen LogP contribution in [0.15, 0.2) is 43.1 Å². The molecule has 1 aliphatic carbocycles. The van der Waals surface area contributed by atoms with E-state index in [4.69, 9.17) is 14.2 Å². The molecule has 1 amide bonds. The third-order valence-electron chi connectivity index (χ3n) is 7.84. The van der Waals surface area contributed by atoms with E-state index in [9.17, 15) is 4.79 Å². The molecule has 3 fully saturated rings. The second-order valence-electron chi connectivity index (χ2n) is 10.9. The van der Waals surface area contributed by atoms with Gasteiger partial charge < -0.3 is 19.1 Å². The standard InChI is InChI=1S/C27H28FN7O4/c1-27(5-6-27)39-26(36)34-11-18-13-37-14-19(12-34)23(18)38-25-20-9-32-35(24(20)29-15-30-25)22-4-3-16(7-21(22)28)17-8-31-33(2)10-17/h3-4,7-10,15,18-19,23H,5-6,11-14H2,1-2H3. The lowest BCUT2D eigenvalue weighted by Crippen LogP contribution is -2.59. The maximum atomic E-state index is 15.3. The largest absolute Gasteiger partial charge is 0.473 e. The second-order valence-corrected chi connectivity index (χ2v) is 10.9. The zero-order chi connectivity index (χ0) is 26.7. The second kappa shape index (κ2) is 9.01. The van der Waals surface area contributed by atoms with Crippen molar-refractivity contribution in [1.82, 2.24) is 34.4 Å². The summed E-state index contributed by atoms with van der Waals surface area (Å²) in [6.07, 6.45) is 7.85. The van der Waals surface area contributed by atoms with Gasteiger partial charge >= 0.3 is 6.09 Å². The Morgan fingerprint density at radius 1 is 1.10 bits per heavy atom. The highest BCUT2D eigenvalue weighted by atomic mass is 19.1. The van der Waals surface area contributed by atoms with Gasteiger partial charge in [-0.1, -0.05) is 6.07 Å². The normalized spacial score (nSPS) is 23.6. The fourth-order valence-corrected chi connectivity index (χ4v) is 5.44. The lowest BCUT2D eigenvalue weighted by Gasteiger charge is -2.46. The highest BCUT2D eigenvalue weighted by Gasteiger charge is 2.47. The van der Waals surface area contributed by atoms with Gasteiger partial charge in [-0.25, -0.2) is 23.8 Å². The number of rotatable bonds is 5. The molecular formula is C27H28FN7O4. The van der Waals surface area contributed by atoms with Crippen molar-refractivity contribution in [3.63, 3.8) is 0 Å². The smallest absolute Gasteiger partial charge is 0.410 e. The minimum absolute atomic E-state index is 0.0328. The number of aromatic nitrogens is 6. The minimum Gasteiger partial charge on any atom is -0.473 e. The number of hydrogen-bond donors (Lipinski definition) is 0. The van der Waals surface area contributed by atoms with Crippen molar-refractivity contribution in [1.29, 1.82) is 0 Å². The van der Waals surface area contributed by atoms with E-state index in [1.54, 1.807) is 28.0 Å². The van der Waals surface area contributed by atoms with Crippen LogP contribution in [0, 0.1) is 17.7 Å². The first-order valence-corrected chi connectivity index (χ1v) is 13.1. The number of hydrogen-bond acceptors (Lipinski definition) is 8. The van der Waals surface area contributed by atoms with Gasteiger partial charge in [0.15, 0.2) is 5.65 Å². The molecule has 0 radical (unpaired) electrons. The Bertz CT molecular complexity index is 1550. The molecule has 3 aliphatic rings. The average Bonchev–Trinajstić information content (AvgIpc) is 3.27. The number of halogens is 1. The van der Waals surface area contributed by atoms with Crippen LogP contribution >= 0.6 is 0 Å². The molecule has 7 rings (SSSR count). The Kier molecular flexibility index (Phi) is 5.55. The Morgan fingerprint density at radius 3 is 2.59 bits per heavy atom. The summed E-state index contributed by atoms with van der Waals surface area (Å²) in [6, 6.07) is 4.96. The summed E-state index contributed by atoms with van der Waals surface area (Å²) in [5, 5.41) is 9.15. The zero-order valence-corrected chi connectivity index (χ0v) is 21.7. The van der Waals surface area contributed by atoms with E-state index in [0.717, 1.165) is 24.0 Å². The van der Waals surface area contributed by atoms with E-state index in [-0.39, 0.29) is 35.3 Å². The van der Waals surface area contributed by atoms with E-state index >= 15 is 4.39 Å². The van der Waals surface area contributed by atoms with E-state index in [1.165, 1.54) is 17.1 Å². The maximum absolute atomic E-state index is 15.3. The van der Waals surface area contributed by atoms with E-state index in [0.29, 0.717) is 43.2 Å². The predicted molar refractivity (Wildman–Crippen MR) is 137 cm³/mol. The molecule has 11 nitrogen and oxygen atoms in total. The van der Waals surface area contributed by atoms with E-state index in [1.807, 2.05) is 26.2 Å². The number of carbonyl (C=O) groups is 1. The van der Waals surface area contributed by atoms with E-state index in [2.05, 4.69) is 20.2 Å². The van der Waals surface area contributed by atoms with Gasteiger partial charge in [-0.3, -0.25) is 4.68 Å². The number of amides is 1. The first-order valence-electron chi connectivity index (χ1n) is 13.1. The predicted octanol–water partition coefficient (Wildman–Crippen LogP) is 3.37. The topological polar surface area (TPSA) is 109 Å². The Hall–Kier alpha value is -4.06. The van der Waals surface area contributed by atoms with Crippen LogP contribution < -0.4 is 4.74 Å². The van der Waals surface area contributed by atoms with Crippen molar-refractivity contribution in [2.75, 3.05) is 26.3 Å². The molecule has 2 bridgehead atoms. The molecule has 0 spiro atoms. The highest BCUT2D eigenvalue weighted by molar-refractivity contribution is 5.81. The number of piperidine rings is 1. The van der Waals surface area contributed by atoms with E-state index < -0.39 is 5.82 Å². The summed E-state index contributed by atoms with van der Waals surface area (Å²) >= 11 is 0. The van der Waals surface area contributed by atoms with Crippen molar-refractivity contribution in [2.45, 2.75) is 31.5 Å². The third-order valence-corrected chi connectivity index (χ3v) is 7.84. The molecule has 1 aromatic carbocycles. The lowest BCUT2D eigenvalue weighted by atomic mass is 9.84. The molecule has 4 aromatic rings. The summed E-state index contributed by atoms with van der Waals surface area (Å²) in [5.74, 6) is -0.125. The average molecular weight is 534 g/mol. The fourth-order valence-electron chi connectivity index (χ4n) is 5.44. The van der Waals surface area contributed by atoms with Crippen LogP contribution in [0.2, 0.25) is 0 Å². The lowest BCUT2D eigenvalue weighted by molar-refractivity contribution is -0.111. The number of carbonyl (C=O) groups excluding carboxylic acids is 1. The molecule has 202 valence electrons. The quantitative estimate of drug-likeness (QED) is 0.384. The Morgan fingerprint density at radius 2 is 1.90 bits per heavy atom. The number of benzene rings is 1. The summed E-state index contributed by atoms with van der Waals surface area (Å²) in [6.45, 7) is 3.89. The monoisotopic (exact) mass is 533 g/mol. The van der Waals surface area contributed by atoms with Gasteiger partial charge in [-0.15, -0.1) is 0 Å². The van der Waals surface area contributed by atoms with Gasteiger partial charge in [0.05, 0.1) is 25.6 Å². The molecule has 2 unspecified atom stereocenters. The maximum Gasteiger partial charge on any atom is 0.410 e. The minimum atomic E-state index is -0.437. The van der Waals surface area contributed by atoms with Crippen LogP contribution in [0.5, 0.6) is 5.88 Å². The highest BCUT2D eigenvalue weighted by Crippen LogP contribution is 2.40. The molecule has 12 heteroatoms. The molecular weight excluding hydrogens is 505 g/mol. The number of ether oxygens (including phenoxy) is 3. The van der Waals surface area contributed by atoms with Crippen LogP contribution in [0.1, 0.15) is 19.8 Å². The van der Waals surface area contributed by atoms with Crippen molar-refractivity contribution in [3.8, 4) is 22.7 Å². The van der Waals surface area contributed by atoms with Crippen LogP contribution in [0.4, 0.5) is 9.18 Å². The molecule has 3 aromatic heterocycles. The Labute approximate surface area is 223 Å². The van der Waals surface area contributed by atoms with Gasteiger partial charge in [0.25, 0.3) is 0 Å². The van der Waals surface area contributed by atoms with Crippen LogP contribution in [-0.4, -0.2) is 78.5 Å². The number of fused-ring (bicyclic) bond motifs is 3. The molecule has 5 heterocycles. The number of nitrogens with zero attached hydrogens (tertiary/aromatic N) is 7. The Balaban J connectivity index is 1.13. The van der Waals surface area contributed by atoms with Gasteiger partial charge in [-0.05, 0) is 37.5 Å². The molecule has 2 atom stereocenters. The van der Waals surface area contributed by atoms with Gasteiger partial charge in [-0.2, -0.15) is 10.2 Å². The summed E-state index contributed by atoms with van der Waals surface area (Å²) in [7, 11) is 1.82. The van der Waals surface area contributed by atoms with Crippen LogP contribution in [0.3, 0.4) is 0 Å². The fraction of sp³-hybridized carbons (Fsp3) is 0.444. The summed E-state index contributed by atoms with van der Waals surface area (Å²) in [4.78, 5) is 23.3.